The zero-order valence-electron chi connectivity index (χ0n) is 14.4. The summed E-state index contributed by atoms with van der Waals surface area (Å²) >= 11 is 0. The van der Waals surface area contributed by atoms with Crippen molar-refractivity contribution in [1.29, 1.82) is 5.26 Å². The Morgan fingerprint density at radius 1 is 1.08 bits per heavy atom. The number of aromatic nitrogens is 2. The fourth-order valence-electron chi connectivity index (χ4n) is 2.70. The topological polar surface area (TPSA) is 76.9 Å². The van der Waals surface area contributed by atoms with Crippen molar-refractivity contribution in [3.63, 3.8) is 0 Å². The van der Waals surface area contributed by atoms with E-state index in [0.717, 1.165) is 16.9 Å². The van der Waals surface area contributed by atoms with Crippen LogP contribution in [0.5, 0.6) is 5.75 Å². The molecule has 2 N–H and O–H groups in total. The quantitative estimate of drug-likeness (QED) is 0.778. The Morgan fingerprint density at radius 3 is 2.32 bits per heavy atom. The van der Waals surface area contributed by atoms with E-state index >= 15 is 0 Å². The maximum absolute atomic E-state index is 9.47. The van der Waals surface area contributed by atoms with Crippen molar-refractivity contribution in [2.45, 2.75) is 19.9 Å². The van der Waals surface area contributed by atoms with Gasteiger partial charge in [0.25, 0.3) is 0 Å². The summed E-state index contributed by atoms with van der Waals surface area (Å²) in [6.07, 6.45) is 0.586. The van der Waals surface area contributed by atoms with E-state index in [-0.39, 0.29) is 0 Å². The molecular formula is C20H20N4O. The van der Waals surface area contributed by atoms with E-state index in [1.165, 1.54) is 5.56 Å². The summed E-state index contributed by atoms with van der Waals surface area (Å²) in [5, 5.41) is 14.0. The number of hydrogen-bond acceptors (Lipinski definition) is 4. The largest absolute Gasteiger partial charge is 0.497 e. The van der Waals surface area contributed by atoms with Crippen molar-refractivity contribution >= 4 is 5.82 Å². The van der Waals surface area contributed by atoms with Crippen LogP contribution in [0.1, 0.15) is 27.9 Å². The molecular weight excluding hydrogens is 312 g/mol. The van der Waals surface area contributed by atoms with E-state index in [0.29, 0.717) is 30.0 Å². The molecule has 0 radical (unpaired) electrons. The molecule has 0 bridgehead atoms. The van der Waals surface area contributed by atoms with Gasteiger partial charge in [-0.3, -0.25) is 0 Å². The highest BCUT2D eigenvalue weighted by molar-refractivity contribution is 5.53. The van der Waals surface area contributed by atoms with Crippen molar-refractivity contribution in [2.75, 3.05) is 12.8 Å². The van der Waals surface area contributed by atoms with E-state index in [2.05, 4.69) is 35.4 Å². The lowest BCUT2D eigenvalue weighted by Gasteiger charge is -2.05. The summed E-state index contributed by atoms with van der Waals surface area (Å²) in [6.45, 7) is 2.56. The average Bonchev–Trinajstić information content (AvgIpc) is 2.92. The Labute approximate surface area is 147 Å². The number of nitriles is 1. The third kappa shape index (κ3) is 3.64. The van der Waals surface area contributed by atoms with Crippen LogP contribution in [0.25, 0.3) is 0 Å². The van der Waals surface area contributed by atoms with Gasteiger partial charge in [0, 0.05) is 6.42 Å². The number of nitrogens with two attached hydrogens (primary N) is 1. The van der Waals surface area contributed by atoms with E-state index in [9.17, 15) is 5.26 Å². The zero-order valence-corrected chi connectivity index (χ0v) is 14.4. The predicted octanol–water partition coefficient (Wildman–Crippen LogP) is 3.29. The lowest BCUT2D eigenvalue weighted by molar-refractivity contribution is 0.414. The van der Waals surface area contributed by atoms with Crippen molar-refractivity contribution in [2.24, 2.45) is 0 Å². The van der Waals surface area contributed by atoms with Crippen molar-refractivity contribution in [3.05, 3.63) is 76.5 Å². The second-order valence-electron chi connectivity index (χ2n) is 5.99. The number of anilines is 1. The molecule has 0 amide bonds. The van der Waals surface area contributed by atoms with Gasteiger partial charge in [0.1, 0.15) is 23.2 Å². The van der Waals surface area contributed by atoms with Crippen LogP contribution in [-0.4, -0.2) is 16.9 Å². The number of nitrogen functional groups attached to an aromatic ring is 1. The highest BCUT2D eigenvalue weighted by Gasteiger charge is 2.16. The van der Waals surface area contributed by atoms with Crippen LogP contribution in [-0.2, 0) is 13.0 Å². The first kappa shape index (κ1) is 16.6. The number of nitrogens with zero attached hydrogens (tertiary/aromatic N) is 3. The molecule has 0 aliphatic carbocycles. The molecule has 0 saturated heterocycles. The number of aryl methyl sites for hydroxylation is 1. The number of hydrogen-bond donors (Lipinski definition) is 1. The van der Waals surface area contributed by atoms with Gasteiger partial charge in [-0.2, -0.15) is 10.4 Å². The normalized spacial score (nSPS) is 10.4. The third-order valence-electron chi connectivity index (χ3n) is 4.16. The first-order valence-corrected chi connectivity index (χ1v) is 8.04. The molecule has 126 valence electrons. The summed E-state index contributed by atoms with van der Waals surface area (Å²) < 4.78 is 6.85. The van der Waals surface area contributed by atoms with Gasteiger partial charge < -0.3 is 10.5 Å². The minimum absolute atomic E-state index is 0.403. The molecule has 0 aliphatic heterocycles. The Kier molecular flexibility index (Phi) is 4.71. The third-order valence-corrected chi connectivity index (χ3v) is 4.16. The van der Waals surface area contributed by atoms with E-state index in [1.54, 1.807) is 11.8 Å². The van der Waals surface area contributed by atoms with Crippen LogP contribution in [0.15, 0.2) is 48.5 Å². The van der Waals surface area contributed by atoms with Crippen molar-refractivity contribution < 1.29 is 4.74 Å². The molecule has 25 heavy (non-hydrogen) atoms. The van der Waals surface area contributed by atoms with Crippen molar-refractivity contribution in [1.82, 2.24) is 9.78 Å². The van der Waals surface area contributed by atoms with E-state index < -0.39 is 0 Å². The highest BCUT2D eigenvalue weighted by Crippen LogP contribution is 2.21. The summed E-state index contributed by atoms with van der Waals surface area (Å²) in [5.74, 6) is 1.20. The van der Waals surface area contributed by atoms with Crippen LogP contribution >= 0.6 is 0 Å². The molecule has 2 aromatic carbocycles. The molecule has 0 spiro atoms. The molecule has 0 unspecified atom stereocenters. The van der Waals surface area contributed by atoms with Gasteiger partial charge >= 0.3 is 0 Å². The van der Waals surface area contributed by atoms with Crippen LogP contribution < -0.4 is 10.5 Å². The second kappa shape index (κ2) is 7.10. The van der Waals surface area contributed by atoms with Crippen LogP contribution in [0.3, 0.4) is 0 Å². The van der Waals surface area contributed by atoms with Crippen molar-refractivity contribution in [3.8, 4) is 11.8 Å². The summed E-state index contributed by atoms with van der Waals surface area (Å²) in [7, 11) is 1.64. The number of rotatable bonds is 5. The minimum atomic E-state index is 0.403. The summed E-state index contributed by atoms with van der Waals surface area (Å²) in [4.78, 5) is 0. The lowest BCUT2D eigenvalue weighted by atomic mass is 10.1. The minimum Gasteiger partial charge on any atom is -0.497 e. The van der Waals surface area contributed by atoms with Crippen LogP contribution in [0.4, 0.5) is 5.82 Å². The summed E-state index contributed by atoms with van der Waals surface area (Å²) in [6, 6.07) is 18.1. The maximum atomic E-state index is 9.47. The molecule has 5 nitrogen and oxygen atoms in total. The highest BCUT2D eigenvalue weighted by atomic mass is 16.5. The molecule has 3 aromatic rings. The monoisotopic (exact) mass is 332 g/mol. The molecule has 0 aliphatic rings. The molecule has 5 heteroatoms. The smallest absolute Gasteiger partial charge is 0.140 e. The Bertz CT molecular complexity index is 903. The van der Waals surface area contributed by atoms with Gasteiger partial charge in [-0.15, -0.1) is 0 Å². The number of benzene rings is 2. The van der Waals surface area contributed by atoms with Gasteiger partial charge in [-0.25, -0.2) is 4.68 Å². The molecule has 0 fully saturated rings. The Balaban J connectivity index is 1.86. The SMILES string of the molecule is COc1ccc(Cn2nc(Cc3ccc(C)cc3)c(C#N)c2N)cc1. The zero-order chi connectivity index (χ0) is 17.8. The van der Waals surface area contributed by atoms with Gasteiger partial charge in [-0.05, 0) is 30.2 Å². The number of ether oxygens (including phenoxy) is 1. The molecule has 0 atom stereocenters. The van der Waals surface area contributed by atoms with Crippen LogP contribution in [0, 0.1) is 18.3 Å². The van der Waals surface area contributed by atoms with Gasteiger partial charge in [-0.1, -0.05) is 42.0 Å². The second-order valence-corrected chi connectivity index (χ2v) is 5.99. The fraction of sp³-hybridized carbons (Fsp3) is 0.200. The standard InChI is InChI=1S/C20H20N4O/c1-14-3-5-15(6-4-14)11-19-18(12-21)20(22)24(23-19)13-16-7-9-17(25-2)10-8-16/h3-10H,11,13,22H2,1-2H3. The molecule has 1 heterocycles. The molecule has 0 saturated carbocycles. The fourth-order valence-corrected chi connectivity index (χ4v) is 2.70. The first-order chi connectivity index (χ1) is 12.1. The van der Waals surface area contributed by atoms with E-state index in [1.807, 2.05) is 31.2 Å². The first-order valence-electron chi connectivity index (χ1n) is 8.04. The number of methoxy groups -OCH3 is 1. The van der Waals surface area contributed by atoms with Gasteiger partial charge in [0.2, 0.25) is 0 Å². The van der Waals surface area contributed by atoms with Crippen LogP contribution in [0.2, 0.25) is 0 Å². The Hall–Kier alpha value is -3.26. The molecule has 3 rings (SSSR count). The predicted molar refractivity (Wildman–Crippen MR) is 97.4 cm³/mol. The average molecular weight is 332 g/mol. The van der Waals surface area contributed by atoms with E-state index in [4.69, 9.17) is 10.5 Å². The lowest BCUT2D eigenvalue weighted by Crippen LogP contribution is -2.06. The maximum Gasteiger partial charge on any atom is 0.140 e. The van der Waals surface area contributed by atoms with Gasteiger partial charge in [0.05, 0.1) is 19.3 Å². The molecule has 1 aromatic heterocycles. The van der Waals surface area contributed by atoms with Gasteiger partial charge in [0.15, 0.2) is 0 Å². The summed E-state index contributed by atoms with van der Waals surface area (Å²) in [5.41, 5.74) is 10.7. The Morgan fingerprint density at radius 2 is 1.72 bits per heavy atom.